The Balaban J connectivity index is 1.75. The molecule has 0 aliphatic carbocycles. The predicted octanol–water partition coefficient (Wildman–Crippen LogP) is 6.26. The highest BCUT2D eigenvalue weighted by Gasteiger charge is 2.11. The monoisotopic (exact) mass is 384 g/mol. The molecule has 132 valence electrons. The molecule has 1 aromatic heterocycles. The van der Waals surface area contributed by atoms with Crippen LogP contribution in [-0.4, -0.2) is 10.9 Å². The van der Waals surface area contributed by atoms with Gasteiger partial charge in [0.05, 0.1) is 21.4 Å². The average molecular weight is 385 g/mol. The smallest absolute Gasteiger partial charge is 0.255 e. The molecule has 1 heterocycles. The van der Waals surface area contributed by atoms with Crippen LogP contribution in [0.2, 0.25) is 10.0 Å². The predicted molar refractivity (Wildman–Crippen MR) is 108 cm³/mol. The number of halogens is 2. The lowest BCUT2D eigenvalue weighted by molar-refractivity contribution is 0.102. The summed E-state index contributed by atoms with van der Waals surface area (Å²) in [5, 5.41) is 3.56. The normalized spacial score (nSPS) is 10.6. The molecule has 1 amide bonds. The van der Waals surface area contributed by atoms with Crippen molar-refractivity contribution in [3.63, 3.8) is 0 Å². The Labute approximate surface area is 163 Å². The van der Waals surface area contributed by atoms with Crippen LogP contribution in [0, 0.1) is 0 Å². The number of carbonyl (C=O) groups is 1. The molecule has 0 aliphatic heterocycles. The number of pyridine rings is 1. The molecular weight excluding hydrogens is 367 g/mol. The number of amides is 1. The minimum Gasteiger partial charge on any atom is -0.319 e. The van der Waals surface area contributed by atoms with Crippen LogP contribution in [0.1, 0.15) is 29.3 Å². The van der Waals surface area contributed by atoms with Crippen molar-refractivity contribution in [2.24, 2.45) is 0 Å². The molecule has 5 heteroatoms. The van der Waals surface area contributed by atoms with Gasteiger partial charge in [-0.1, -0.05) is 60.8 Å². The van der Waals surface area contributed by atoms with Crippen LogP contribution in [0.25, 0.3) is 11.3 Å². The van der Waals surface area contributed by atoms with E-state index in [0.29, 0.717) is 21.3 Å². The van der Waals surface area contributed by atoms with E-state index < -0.39 is 0 Å². The number of nitrogens with one attached hydrogen (secondary N) is 1. The molecule has 26 heavy (non-hydrogen) atoms. The summed E-state index contributed by atoms with van der Waals surface area (Å²) in [6.07, 6.45) is 4.02. The van der Waals surface area contributed by atoms with E-state index in [0.717, 1.165) is 24.1 Å². The Kier molecular flexibility index (Phi) is 5.92. The minimum atomic E-state index is -0.266. The largest absolute Gasteiger partial charge is 0.319 e. The molecule has 0 atom stereocenters. The van der Waals surface area contributed by atoms with Gasteiger partial charge in [-0.25, -0.2) is 0 Å². The Morgan fingerprint density at radius 2 is 1.69 bits per heavy atom. The molecule has 3 aromatic rings. The van der Waals surface area contributed by atoms with Crippen LogP contribution in [0.4, 0.5) is 5.69 Å². The van der Waals surface area contributed by atoms with E-state index >= 15 is 0 Å². The van der Waals surface area contributed by atoms with Crippen molar-refractivity contribution in [1.82, 2.24) is 4.98 Å². The number of hydrogen-bond donors (Lipinski definition) is 1. The third kappa shape index (κ3) is 4.24. The summed E-state index contributed by atoms with van der Waals surface area (Å²) in [6.45, 7) is 2.15. The summed E-state index contributed by atoms with van der Waals surface area (Å²) in [4.78, 5) is 16.9. The third-order valence-electron chi connectivity index (χ3n) is 4.01. The van der Waals surface area contributed by atoms with Gasteiger partial charge in [0.15, 0.2) is 0 Å². The molecule has 0 saturated heterocycles. The van der Waals surface area contributed by atoms with Gasteiger partial charge in [0.2, 0.25) is 0 Å². The number of benzene rings is 2. The number of para-hydroxylation sites is 1. The summed E-state index contributed by atoms with van der Waals surface area (Å²) in [7, 11) is 0. The van der Waals surface area contributed by atoms with Crippen LogP contribution in [0.5, 0.6) is 0 Å². The van der Waals surface area contributed by atoms with Crippen molar-refractivity contribution >= 4 is 34.8 Å². The maximum Gasteiger partial charge on any atom is 0.255 e. The molecule has 1 N–H and O–H groups in total. The number of anilines is 1. The lowest BCUT2D eigenvalue weighted by Gasteiger charge is -2.09. The molecule has 0 spiro atoms. The van der Waals surface area contributed by atoms with Gasteiger partial charge in [0, 0.05) is 17.3 Å². The standard InChI is InChI=1S/C21H18Cl2N2O/c1-2-4-14-7-12-19(24-13-14)15-8-10-16(11-9-15)21(26)25-20-17(22)5-3-6-18(20)23/h3,5-13H,2,4H2,1H3,(H,25,26). The zero-order valence-electron chi connectivity index (χ0n) is 14.3. The number of aromatic nitrogens is 1. The second-order valence-corrected chi connectivity index (χ2v) is 6.74. The number of rotatable bonds is 5. The molecule has 0 fully saturated rings. The van der Waals surface area contributed by atoms with E-state index in [9.17, 15) is 4.79 Å². The van der Waals surface area contributed by atoms with E-state index in [1.165, 1.54) is 5.56 Å². The second kappa shape index (κ2) is 8.35. The third-order valence-corrected chi connectivity index (χ3v) is 4.64. The molecule has 0 saturated carbocycles. The number of carbonyl (C=O) groups excluding carboxylic acids is 1. The molecule has 2 aromatic carbocycles. The Morgan fingerprint density at radius 1 is 1.00 bits per heavy atom. The Morgan fingerprint density at radius 3 is 2.27 bits per heavy atom. The van der Waals surface area contributed by atoms with Gasteiger partial charge in [-0.05, 0) is 42.3 Å². The summed E-state index contributed by atoms with van der Waals surface area (Å²) >= 11 is 12.2. The van der Waals surface area contributed by atoms with Gasteiger partial charge in [0.1, 0.15) is 0 Å². The fraction of sp³-hybridized carbons (Fsp3) is 0.143. The maximum atomic E-state index is 12.4. The van der Waals surface area contributed by atoms with Crippen LogP contribution < -0.4 is 5.32 Å². The number of nitrogens with zero attached hydrogens (tertiary/aromatic N) is 1. The first-order valence-corrected chi connectivity index (χ1v) is 9.15. The average Bonchev–Trinajstić information content (AvgIpc) is 2.66. The highest BCUT2D eigenvalue weighted by Crippen LogP contribution is 2.30. The maximum absolute atomic E-state index is 12.4. The Bertz CT molecular complexity index is 886. The molecule has 0 aliphatic rings. The highest BCUT2D eigenvalue weighted by molar-refractivity contribution is 6.40. The van der Waals surface area contributed by atoms with Crippen molar-refractivity contribution in [3.05, 3.63) is 82.0 Å². The first kappa shape index (κ1) is 18.4. The van der Waals surface area contributed by atoms with Gasteiger partial charge in [0.25, 0.3) is 5.91 Å². The summed E-state index contributed by atoms with van der Waals surface area (Å²) in [5.74, 6) is -0.266. The van der Waals surface area contributed by atoms with Crippen molar-refractivity contribution in [2.45, 2.75) is 19.8 Å². The van der Waals surface area contributed by atoms with Gasteiger partial charge in [-0.2, -0.15) is 0 Å². The molecule has 0 radical (unpaired) electrons. The van der Waals surface area contributed by atoms with E-state index in [4.69, 9.17) is 23.2 Å². The van der Waals surface area contributed by atoms with Crippen LogP contribution in [-0.2, 0) is 6.42 Å². The van der Waals surface area contributed by atoms with Gasteiger partial charge < -0.3 is 5.32 Å². The molecule has 0 bridgehead atoms. The van der Waals surface area contributed by atoms with E-state index in [1.807, 2.05) is 24.4 Å². The van der Waals surface area contributed by atoms with Crippen molar-refractivity contribution < 1.29 is 4.79 Å². The first-order valence-electron chi connectivity index (χ1n) is 8.39. The zero-order valence-corrected chi connectivity index (χ0v) is 15.8. The van der Waals surface area contributed by atoms with Gasteiger partial charge in [-0.15, -0.1) is 0 Å². The highest BCUT2D eigenvalue weighted by atomic mass is 35.5. The van der Waals surface area contributed by atoms with Crippen LogP contribution in [0.15, 0.2) is 60.8 Å². The number of aryl methyl sites for hydroxylation is 1. The van der Waals surface area contributed by atoms with Crippen LogP contribution in [0.3, 0.4) is 0 Å². The molecular formula is C21H18Cl2N2O. The first-order chi connectivity index (χ1) is 12.6. The minimum absolute atomic E-state index is 0.266. The zero-order chi connectivity index (χ0) is 18.5. The van der Waals surface area contributed by atoms with E-state index in [2.05, 4.69) is 23.3 Å². The van der Waals surface area contributed by atoms with Gasteiger partial charge in [-0.3, -0.25) is 9.78 Å². The molecule has 3 rings (SSSR count). The van der Waals surface area contributed by atoms with Crippen molar-refractivity contribution in [2.75, 3.05) is 5.32 Å². The second-order valence-electron chi connectivity index (χ2n) is 5.93. The van der Waals surface area contributed by atoms with Crippen molar-refractivity contribution in [3.8, 4) is 11.3 Å². The molecule has 0 unspecified atom stereocenters. The fourth-order valence-electron chi connectivity index (χ4n) is 2.63. The summed E-state index contributed by atoms with van der Waals surface area (Å²) in [6, 6.07) is 16.5. The summed E-state index contributed by atoms with van der Waals surface area (Å²) < 4.78 is 0. The SMILES string of the molecule is CCCc1ccc(-c2ccc(C(=O)Nc3c(Cl)cccc3Cl)cc2)nc1. The van der Waals surface area contributed by atoms with E-state index in [-0.39, 0.29) is 5.91 Å². The lowest BCUT2D eigenvalue weighted by Crippen LogP contribution is -2.12. The number of hydrogen-bond acceptors (Lipinski definition) is 2. The lowest BCUT2D eigenvalue weighted by atomic mass is 10.1. The van der Waals surface area contributed by atoms with Crippen LogP contribution >= 0.6 is 23.2 Å². The molecule has 3 nitrogen and oxygen atoms in total. The Hall–Kier alpha value is -2.36. The van der Waals surface area contributed by atoms with E-state index in [1.54, 1.807) is 30.3 Å². The summed E-state index contributed by atoms with van der Waals surface area (Å²) in [5.41, 5.74) is 4.00. The fourth-order valence-corrected chi connectivity index (χ4v) is 3.12. The topological polar surface area (TPSA) is 42.0 Å². The van der Waals surface area contributed by atoms with Crippen molar-refractivity contribution in [1.29, 1.82) is 0 Å². The quantitative estimate of drug-likeness (QED) is 0.563. The van der Waals surface area contributed by atoms with Gasteiger partial charge >= 0.3 is 0 Å².